The average Bonchev–Trinajstić information content (AvgIpc) is 3.04. The Hall–Kier alpha value is -2.47. The average molecular weight is 389 g/mol. The molecule has 24 heavy (non-hydrogen) atoms. The second-order valence-electron chi connectivity index (χ2n) is 5.38. The summed E-state index contributed by atoms with van der Waals surface area (Å²) in [4.78, 5) is 12.8. The van der Waals surface area contributed by atoms with E-state index in [1.54, 1.807) is 31.4 Å². The lowest BCUT2D eigenvalue weighted by Crippen LogP contribution is -2.19. The maximum atomic E-state index is 12.8. The molecule has 0 saturated heterocycles. The third-order valence-corrected chi connectivity index (χ3v) is 4.61. The van der Waals surface area contributed by atoms with Crippen molar-refractivity contribution in [2.45, 2.75) is 0 Å². The number of rotatable bonds is 2. The number of hydrogen-bond donors (Lipinski definition) is 0. The molecule has 0 atom stereocenters. The van der Waals surface area contributed by atoms with E-state index in [0.717, 1.165) is 10.0 Å². The lowest BCUT2D eigenvalue weighted by molar-refractivity contribution is 0.100. The van der Waals surface area contributed by atoms with Gasteiger partial charge >= 0.3 is 0 Å². The quantitative estimate of drug-likeness (QED) is 0.731. The predicted octanol–water partition coefficient (Wildman–Crippen LogP) is 3.85. The summed E-state index contributed by atoms with van der Waals surface area (Å²) >= 11 is 3.50. The lowest BCUT2D eigenvalue weighted by Gasteiger charge is -2.19. The molecule has 2 aromatic carbocycles. The predicted molar refractivity (Wildman–Crippen MR) is 91.1 cm³/mol. The van der Waals surface area contributed by atoms with Gasteiger partial charge < -0.3 is 18.9 Å². The van der Waals surface area contributed by atoms with Gasteiger partial charge in [0.25, 0.3) is 0 Å². The molecule has 0 amide bonds. The van der Waals surface area contributed by atoms with E-state index in [0.29, 0.717) is 34.1 Å². The molecule has 4 rings (SSSR count). The normalized spacial score (nSPS) is 16.8. The summed E-state index contributed by atoms with van der Waals surface area (Å²) < 4.78 is 22.4. The number of hydrogen-bond acceptors (Lipinski definition) is 5. The van der Waals surface area contributed by atoms with E-state index in [1.807, 2.05) is 12.1 Å². The molecule has 0 saturated carbocycles. The fourth-order valence-electron chi connectivity index (χ4n) is 2.67. The van der Waals surface area contributed by atoms with Crippen LogP contribution in [0.25, 0.3) is 6.08 Å². The van der Waals surface area contributed by atoms with Gasteiger partial charge in [-0.15, -0.1) is 0 Å². The van der Waals surface area contributed by atoms with Gasteiger partial charge in [-0.05, 0) is 42.0 Å². The minimum atomic E-state index is -0.0697. The van der Waals surface area contributed by atoms with E-state index in [9.17, 15) is 4.79 Å². The molecule has 0 aromatic heterocycles. The maximum Gasteiger partial charge on any atom is 0.231 e. The topological polar surface area (TPSA) is 54.0 Å². The fraction of sp³-hybridized carbons (Fsp3) is 0.167. The van der Waals surface area contributed by atoms with Crippen LogP contribution in [0, 0.1) is 0 Å². The number of ketones is 1. The molecule has 6 heteroatoms. The SMILES string of the molecule is COc1ccc2c(c1)C(=O)/C(=C/c1cc3c(cc1Br)OCO3)CO2. The molecule has 5 nitrogen and oxygen atoms in total. The molecular formula is C18H13BrO5. The zero-order valence-corrected chi connectivity index (χ0v) is 14.4. The highest BCUT2D eigenvalue weighted by molar-refractivity contribution is 9.10. The van der Waals surface area contributed by atoms with Gasteiger partial charge in [0.15, 0.2) is 17.3 Å². The minimum absolute atomic E-state index is 0.0697. The van der Waals surface area contributed by atoms with Crippen molar-refractivity contribution >= 4 is 27.8 Å². The summed E-state index contributed by atoms with van der Waals surface area (Å²) in [6, 6.07) is 8.89. The molecule has 2 aromatic rings. The van der Waals surface area contributed by atoms with Crippen LogP contribution in [0.2, 0.25) is 0 Å². The van der Waals surface area contributed by atoms with Crippen molar-refractivity contribution in [2.24, 2.45) is 0 Å². The first-order valence-corrected chi connectivity index (χ1v) is 8.10. The number of ether oxygens (including phenoxy) is 4. The number of Topliss-reactive ketones (excluding diaryl/α,β-unsaturated/α-hetero) is 1. The van der Waals surface area contributed by atoms with Gasteiger partial charge in [0.2, 0.25) is 6.79 Å². The van der Waals surface area contributed by atoms with E-state index in [1.165, 1.54) is 0 Å². The van der Waals surface area contributed by atoms with Gasteiger partial charge in [-0.3, -0.25) is 4.79 Å². The molecule has 0 N–H and O–H groups in total. The summed E-state index contributed by atoms with van der Waals surface area (Å²) in [5.41, 5.74) is 1.90. The molecule has 0 unspecified atom stereocenters. The third kappa shape index (κ3) is 2.53. The Labute approximate surface area is 146 Å². The molecule has 0 fully saturated rings. The van der Waals surface area contributed by atoms with Crippen LogP contribution in [0.1, 0.15) is 15.9 Å². The van der Waals surface area contributed by atoms with Crippen LogP contribution >= 0.6 is 15.9 Å². The third-order valence-electron chi connectivity index (χ3n) is 3.93. The summed E-state index contributed by atoms with van der Waals surface area (Å²) in [5.74, 6) is 2.47. The van der Waals surface area contributed by atoms with Crippen molar-refractivity contribution in [1.82, 2.24) is 0 Å². The van der Waals surface area contributed by atoms with E-state index in [-0.39, 0.29) is 19.2 Å². The van der Waals surface area contributed by atoms with Crippen LogP contribution in [-0.2, 0) is 0 Å². The van der Waals surface area contributed by atoms with Crippen LogP contribution in [0.4, 0.5) is 0 Å². The number of carbonyl (C=O) groups excluding carboxylic acids is 1. The molecule has 2 aliphatic rings. The first-order valence-electron chi connectivity index (χ1n) is 7.31. The number of benzene rings is 2. The van der Waals surface area contributed by atoms with E-state index in [4.69, 9.17) is 18.9 Å². The van der Waals surface area contributed by atoms with Crippen molar-refractivity contribution in [3.63, 3.8) is 0 Å². The first-order chi connectivity index (χ1) is 11.7. The second kappa shape index (κ2) is 5.87. The highest BCUT2D eigenvalue weighted by Crippen LogP contribution is 2.38. The Kier molecular flexibility index (Phi) is 3.69. The smallest absolute Gasteiger partial charge is 0.231 e. The van der Waals surface area contributed by atoms with Gasteiger partial charge in [0.1, 0.15) is 18.1 Å². The largest absolute Gasteiger partial charge is 0.497 e. The number of halogens is 1. The van der Waals surface area contributed by atoms with E-state index < -0.39 is 0 Å². The van der Waals surface area contributed by atoms with Crippen molar-refractivity contribution in [2.75, 3.05) is 20.5 Å². The van der Waals surface area contributed by atoms with Gasteiger partial charge in [-0.1, -0.05) is 15.9 Å². The standard InChI is InChI=1S/C18H13BrO5/c1-21-12-2-3-15-13(6-12)18(20)11(8-22-15)4-10-5-16-17(7-14(10)19)24-9-23-16/h2-7H,8-9H2,1H3/b11-4+. The second-order valence-corrected chi connectivity index (χ2v) is 6.23. The number of methoxy groups -OCH3 is 1. The number of carbonyl (C=O) groups is 1. The van der Waals surface area contributed by atoms with Gasteiger partial charge in [-0.2, -0.15) is 0 Å². The van der Waals surface area contributed by atoms with Crippen LogP contribution in [0.5, 0.6) is 23.0 Å². The Morgan fingerprint density at radius 1 is 1.08 bits per heavy atom. The summed E-state index contributed by atoms with van der Waals surface area (Å²) in [7, 11) is 1.57. The van der Waals surface area contributed by atoms with E-state index >= 15 is 0 Å². The van der Waals surface area contributed by atoms with Crippen LogP contribution < -0.4 is 18.9 Å². The highest BCUT2D eigenvalue weighted by Gasteiger charge is 2.25. The molecule has 2 heterocycles. The van der Waals surface area contributed by atoms with Crippen LogP contribution in [-0.4, -0.2) is 26.3 Å². The van der Waals surface area contributed by atoms with Crippen LogP contribution in [0.15, 0.2) is 40.4 Å². The molecule has 0 radical (unpaired) electrons. The van der Waals surface area contributed by atoms with Crippen molar-refractivity contribution in [3.8, 4) is 23.0 Å². The minimum Gasteiger partial charge on any atom is -0.497 e. The summed E-state index contributed by atoms with van der Waals surface area (Å²) in [5, 5.41) is 0. The molecule has 0 bridgehead atoms. The summed E-state index contributed by atoms with van der Waals surface area (Å²) in [6.07, 6.45) is 1.80. The zero-order valence-electron chi connectivity index (χ0n) is 12.8. The Bertz CT molecular complexity index is 872. The maximum absolute atomic E-state index is 12.8. The van der Waals surface area contributed by atoms with Crippen molar-refractivity contribution in [3.05, 3.63) is 51.5 Å². The molecule has 122 valence electrons. The molecule has 0 aliphatic carbocycles. The molecular weight excluding hydrogens is 376 g/mol. The van der Waals surface area contributed by atoms with Crippen molar-refractivity contribution in [1.29, 1.82) is 0 Å². The number of fused-ring (bicyclic) bond motifs is 2. The van der Waals surface area contributed by atoms with Gasteiger partial charge in [0, 0.05) is 10.0 Å². The highest BCUT2D eigenvalue weighted by atomic mass is 79.9. The Morgan fingerprint density at radius 3 is 2.67 bits per heavy atom. The molecule has 0 spiro atoms. The fourth-order valence-corrected chi connectivity index (χ4v) is 3.11. The van der Waals surface area contributed by atoms with Gasteiger partial charge in [-0.25, -0.2) is 0 Å². The Balaban J connectivity index is 1.72. The monoisotopic (exact) mass is 388 g/mol. The summed E-state index contributed by atoms with van der Waals surface area (Å²) in [6.45, 7) is 0.427. The molecule has 2 aliphatic heterocycles. The zero-order chi connectivity index (χ0) is 16.7. The van der Waals surface area contributed by atoms with Crippen LogP contribution in [0.3, 0.4) is 0 Å². The lowest BCUT2D eigenvalue weighted by atomic mass is 9.98. The first kappa shape index (κ1) is 15.1. The van der Waals surface area contributed by atoms with Crippen molar-refractivity contribution < 1.29 is 23.7 Å². The van der Waals surface area contributed by atoms with Gasteiger partial charge in [0.05, 0.1) is 12.7 Å². The Morgan fingerprint density at radius 2 is 1.88 bits per heavy atom. The van der Waals surface area contributed by atoms with E-state index in [2.05, 4.69) is 15.9 Å².